The molecule has 126 valence electrons. The van der Waals surface area contributed by atoms with Crippen molar-refractivity contribution in [3.8, 4) is 0 Å². The van der Waals surface area contributed by atoms with Gasteiger partial charge in [0.05, 0.1) is 12.5 Å². The zero-order valence-corrected chi connectivity index (χ0v) is 13.6. The molecule has 1 aliphatic carbocycles. The minimum absolute atomic E-state index is 0.0184. The topological polar surface area (TPSA) is 75.6 Å². The Hall–Kier alpha value is -1.88. The highest BCUT2D eigenvalue weighted by molar-refractivity contribution is 5.93. The van der Waals surface area contributed by atoms with Gasteiger partial charge in [0.15, 0.2) is 0 Å². The van der Waals surface area contributed by atoms with Gasteiger partial charge in [-0.3, -0.25) is 9.59 Å². The predicted octanol–water partition coefficient (Wildman–Crippen LogP) is 3.38. The second-order valence-electron chi connectivity index (χ2n) is 6.15. The van der Waals surface area contributed by atoms with E-state index in [2.05, 4.69) is 5.32 Å². The quantitative estimate of drug-likeness (QED) is 0.788. The van der Waals surface area contributed by atoms with Gasteiger partial charge in [-0.15, -0.1) is 0 Å². The van der Waals surface area contributed by atoms with E-state index in [1.54, 1.807) is 31.2 Å². The molecule has 1 aromatic carbocycles. The number of anilines is 1. The normalized spacial score (nSPS) is 17.3. The monoisotopic (exact) mass is 319 g/mol. The smallest absolute Gasteiger partial charge is 0.307 e. The third-order valence-electron chi connectivity index (χ3n) is 4.14. The summed E-state index contributed by atoms with van der Waals surface area (Å²) in [5.41, 5.74) is 1.36. The second kappa shape index (κ2) is 8.67. The molecule has 0 bridgehead atoms. The van der Waals surface area contributed by atoms with Crippen LogP contribution in [0.5, 0.6) is 0 Å². The Morgan fingerprint density at radius 1 is 1.17 bits per heavy atom. The van der Waals surface area contributed by atoms with Gasteiger partial charge in [0.1, 0.15) is 6.10 Å². The van der Waals surface area contributed by atoms with Crippen LogP contribution in [0.1, 0.15) is 51.0 Å². The van der Waals surface area contributed by atoms with Gasteiger partial charge < -0.3 is 15.2 Å². The van der Waals surface area contributed by atoms with E-state index in [0.29, 0.717) is 11.3 Å². The van der Waals surface area contributed by atoms with Gasteiger partial charge in [0.2, 0.25) is 0 Å². The minimum Gasteiger partial charge on any atom is -0.481 e. The van der Waals surface area contributed by atoms with Gasteiger partial charge in [0, 0.05) is 5.69 Å². The molecule has 1 aromatic rings. The first-order valence-electron chi connectivity index (χ1n) is 8.31. The van der Waals surface area contributed by atoms with Crippen molar-refractivity contribution in [2.45, 2.75) is 64.1 Å². The molecule has 2 N–H and O–H groups in total. The van der Waals surface area contributed by atoms with Crippen molar-refractivity contribution >= 4 is 17.6 Å². The number of amides is 1. The summed E-state index contributed by atoms with van der Waals surface area (Å²) in [5.74, 6) is -1.03. The second-order valence-corrected chi connectivity index (χ2v) is 6.15. The van der Waals surface area contributed by atoms with Crippen molar-refractivity contribution in [3.05, 3.63) is 29.8 Å². The Morgan fingerprint density at radius 3 is 2.35 bits per heavy atom. The van der Waals surface area contributed by atoms with Crippen molar-refractivity contribution in [3.63, 3.8) is 0 Å². The molecule has 1 unspecified atom stereocenters. The van der Waals surface area contributed by atoms with E-state index in [4.69, 9.17) is 9.84 Å². The number of benzene rings is 1. The van der Waals surface area contributed by atoms with Crippen molar-refractivity contribution in [2.24, 2.45) is 0 Å². The van der Waals surface area contributed by atoms with Crippen LogP contribution in [0.3, 0.4) is 0 Å². The molecule has 5 nitrogen and oxygen atoms in total. The lowest BCUT2D eigenvalue weighted by atomic mass is 10.1. The molecule has 0 spiro atoms. The van der Waals surface area contributed by atoms with Crippen LogP contribution in [0.15, 0.2) is 24.3 Å². The number of nitrogens with one attached hydrogen (secondary N) is 1. The first-order valence-corrected chi connectivity index (χ1v) is 8.31. The number of carboxylic acids is 1. The molecule has 1 amide bonds. The van der Waals surface area contributed by atoms with Gasteiger partial charge in [-0.2, -0.15) is 0 Å². The van der Waals surface area contributed by atoms with E-state index in [1.165, 1.54) is 25.7 Å². The molecular weight excluding hydrogens is 294 g/mol. The Labute approximate surface area is 137 Å². The Bertz CT molecular complexity index is 518. The first-order chi connectivity index (χ1) is 11.0. The molecule has 0 radical (unpaired) electrons. The maximum absolute atomic E-state index is 12.2. The van der Waals surface area contributed by atoms with Crippen molar-refractivity contribution < 1.29 is 19.4 Å². The summed E-state index contributed by atoms with van der Waals surface area (Å²) in [6, 6.07) is 6.85. The van der Waals surface area contributed by atoms with E-state index in [9.17, 15) is 9.59 Å². The van der Waals surface area contributed by atoms with Gasteiger partial charge >= 0.3 is 5.97 Å². The van der Waals surface area contributed by atoms with E-state index < -0.39 is 12.1 Å². The van der Waals surface area contributed by atoms with Crippen LogP contribution in [0.25, 0.3) is 0 Å². The number of aliphatic carboxylic acids is 1. The molecule has 2 rings (SSSR count). The minimum atomic E-state index is -0.868. The van der Waals surface area contributed by atoms with Crippen LogP contribution in [-0.2, 0) is 20.7 Å². The van der Waals surface area contributed by atoms with E-state index in [1.807, 2.05) is 0 Å². The van der Waals surface area contributed by atoms with E-state index in [-0.39, 0.29) is 18.4 Å². The number of ether oxygens (including phenoxy) is 1. The maximum Gasteiger partial charge on any atom is 0.307 e. The standard InChI is InChI=1S/C18H25NO4/c1-13(23-16-6-4-2-3-5-7-16)18(22)19-15-10-8-14(9-11-15)12-17(20)21/h8-11,13,16H,2-7,12H2,1H3,(H,19,22)(H,20,21). The number of carboxylic acid groups (broad SMARTS) is 1. The number of hydrogen-bond donors (Lipinski definition) is 2. The molecule has 1 saturated carbocycles. The highest BCUT2D eigenvalue weighted by Gasteiger charge is 2.20. The fraction of sp³-hybridized carbons (Fsp3) is 0.556. The van der Waals surface area contributed by atoms with Crippen LogP contribution >= 0.6 is 0 Å². The highest BCUT2D eigenvalue weighted by Crippen LogP contribution is 2.21. The zero-order valence-electron chi connectivity index (χ0n) is 13.6. The number of carbonyl (C=O) groups excluding carboxylic acids is 1. The van der Waals surface area contributed by atoms with Crippen molar-refractivity contribution in [1.29, 1.82) is 0 Å². The summed E-state index contributed by atoms with van der Waals surface area (Å²) in [7, 11) is 0. The highest BCUT2D eigenvalue weighted by atomic mass is 16.5. The van der Waals surface area contributed by atoms with E-state index >= 15 is 0 Å². The molecule has 0 heterocycles. The van der Waals surface area contributed by atoms with Gasteiger partial charge in [0.25, 0.3) is 5.91 Å². The van der Waals surface area contributed by atoms with Crippen molar-refractivity contribution in [1.82, 2.24) is 0 Å². The fourth-order valence-electron chi connectivity index (χ4n) is 2.85. The van der Waals surface area contributed by atoms with Gasteiger partial charge in [-0.25, -0.2) is 0 Å². The molecule has 0 aromatic heterocycles. The fourth-order valence-corrected chi connectivity index (χ4v) is 2.85. The molecule has 1 atom stereocenters. The molecule has 1 fully saturated rings. The SMILES string of the molecule is CC(OC1CCCCCC1)C(=O)Nc1ccc(CC(=O)O)cc1. The summed E-state index contributed by atoms with van der Waals surface area (Å²) < 4.78 is 5.89. The molecule has 0 aliphatic heterocycles. The van der Waals surface area contributed by atoms with Gasteiger partial charge in [-0.1, -0.05) is 37.8 Å². The largest absolute Gasteiger partial charge is 0.481 e. The summed E-state index contributed by atoms with van der Waals surface area (Å²) in [6.07, 6.45) is 6.58. The average Bonchev–Trinajstić information content (AvgIpc) is 2.77. The summed E-state index contributed by atoms with van der Waals surface area (Å²) in [5, 5.41) is 11.6. The van der Waals surface area contributed by atoms with Crippen LogP contribution in [0.2, 0.25) is 0 Å². The molecule has 0 saturated heterocycles. The van der Waals surface area contributed by atoms with Crippen molar-refractivity contribution in [2.75, 3.05) is 5.32 Å². The number of rotatable bonds is 6. The lowest BCUT2D eigenvalue weighted by Crippen LogP contribution is -2.31. The van der Waals surface area contributed by atoms with E-state index in [0.717, 1.165) is 12.8 Å². The number of hydrogen-bond acceptors (Lipinski definition) is 3. The Kier molecular flexibility index (Phi) is 6.59. The first kappa shape index (κ1) is 17.5. The molecule has 23 heavy (non-hydrogen) atoms. The van der Waals surface area contributed by atoms with Crippen LogP contribution in [0.4, 0.5) is 5.69 Å². The number of carbonyl (C=O) groups is 2. The zero-order chi connectivity index (χ0) is 16.7. The maximum atomic E-state index is 12.2. The lowest BCUT2D eigenvalue weighted by molar-refractivity contribution is -0.136. The van der Waals surface area contributed by atoms with Gasteiger partial charge in [-0.05, 0) is 37.5 Å². The average molecular weight is 319 g/mol. The Balaban J connectivity index is 1.83. The lowest BCUT2D eigenvalue weighted by Gasteiger charge is -2.20. The molecule has 5 heteroatoms. The van der Waals surface area contributed by atoms with Crippen LogP contribution in [0, 0.1) is 0 Å². The van der Waals surface area contributed by atoms with Crippen LogP contribution in [-0.4, -0.2) is 29.2 Å². The summed E-state index contributed by atoms with van der Waals surface area (Å²) in [6.45, 7) is 1.78. The third-order valence-corrected chi connectivity index (χ3v) is 4.14. The molecule has 1 aliphatic rings. The summed E-state index contributed by atoms with van der Waals surface area (Å²) in [4.78, 5) is 22.9. The predicted molar refractivity (Wildman–Crippen MR) is 88.4 cm³/mol. The Morgan fingerprint density at radius 2 is 1.78 bits per heavy atom. The molecular formula is C18H25NO4. The third kappa shape index (κ3) is 6.02. The van der Waals surface area contributed by atoms with Crippen LogP contribution < -0.4 is 5.32 Å². The summed E-state index contributed by atoms with van der Waals surface area (Å²) >= 11 is 0.